The number of imide groups is 1. The molecule has 0 saturated heterocycles. The Bertz CT molecular complexity index is 1230. The average Bonchev–Trinajstić information content (AvgIpc) is 3.05. The molecule has 0 unspecified atom stereocenters. The number of halogens is 1. The van der Waals surface area contributed by atoms with E-state index in [1.54, 1.807) is 12.1 Å². The third-order valence-corrected chi connectivity index (χ3v) is 6.44. The fourth-order valence-electron chi connectivity index (χ4n) is 4.44. The summed E-state index contributed by atoms with van der Waals surface area (Å²) in [5.41, 5.74) is 6.25. The van der Waals surface area contributed by atoms with Crippen molar-refractivity contribution in [3.05, 3.63) is 111 Å². The molecule has 160 valence electrons. The first-order valence-electron chi connectivity index (χ1n) is 10.7. The Kier molecular flexibility index (Phi) is 5.32. The molecule has 0 bridgehead atoms. The minimum absolute atomic E-state index is 0.220. The molecule has 5 heteroatoms. The predicted molar refractivity (Wildman–Crippen MR) is 126 cm³/mol. The molecule has 0 atom stereocenters. The molecule has 2 aliphatic rings. The molecule has 3 aromatic rings. The number of hydrogen-bond acceptors (Lipinski definition) is 3. The van der Waals surface area contributed by atoms with Crippen LogP contribution in [-0.2, 0) is 29.1 Å². The van der Waals surface area contributed by atoms with Crippen molar-refractivity contribution in [3.63, 3.8) is 0 Å². The Labute approximate surface area is 192 Å². The van der Waals surface area contributed by atoms with Gasteiger partial charge in [-0.2, -0.15) is 0 Å². The van der Waals surface area contributed by atoms with Gasteiger partial charge in [0.15, 0.2) is 0 Å². The van der Waals surface area contributed by atoms with Gasteiger partial charge in [-0.15, -0.1) is 0 Å². The predicted octanol–water partition coefficient (Wildman–Crippen LogP) is 4.99. The molecule has 2 aliphatic heterocycles. The molecule has 0 aliphatic carbocycles. The lowest BCUT2D eigenvalue weighted by atomic mass is 9.97. The summed E-state index contributed by atoms with van der Waals surface area (Å²) >= 11 is 6.01. The lowest BCUT2D eigenvalue weighted by Gasteiger charge is -2.31. The molecule has 32 heavy (non-hydrogen) atoms. The van der Waals surface area contributed by atoms with Crippen molar-refractivity contribution in [1.29, 1.82) is 0 Å². The monoisotopic (exact) mass is 442 g/mol. The molecule has 2 heterocycles. The Morgan fingerprint density at radius 1 is 0.844 bits per heavy atom. The second kappa shape index (κ2) is 8.29. The normalized spacial score (nSPS) is 16.1. The van der Waals surface area contributed by atoms with E-state index < -0.39 is 0 Å². The Morgan fingerprint density at radius 2 is 1.53 bits per heavy atom. The van der Waals surface area contributed by atoms with Crippen LogP contribution in [0.2, 0.25) is 5.02 Å². The van der Waals surface area contributed by atoms with Gasteiger partial charge in [-0.3, -0.25) is 14.5 Å². The fourth-order valence-corrected chi connectivity index (χ4v) is 4.57. The first kappa shape index (κ1) is 20.5. The Hall–Kier alpha value is -3.37. The van der Waals surface area contributed by atoms with Crippen molar-refractivity contribution >= 4 is 29.0 Å². The van der Waals surface area contributed by atoms with Crippen molar-refractivity contribution in [2.75, 3.05) is 6.54 Å². The van der Waals surface area contributed by atoms with Crippen molar-refractivity contribution in [2.45, 2.75) is 26.4 Å². The van der Waals surface area contributed by atoms with Crippen molar-refractivity contribution in [1.82, 2.24) is 9.80 Å². The van der Waals surface area contributed by atoms with Crippen molar-refractivity contribution in [3.8, 4) is 0 Å². The average molecular weight is 443 g/mol. The molecule has 0 radical (unpaired) electrons. The Morgan fingerprint density at radius 3 is 2.25 bits per heavy atom. The second-order valence-electron chi connectivity index (χ2n) is 8.35. The van der Waals surface area contributed by atoms with E-state index in [9.17, 15) is 9.59 Å². The third-order valence-electron chi connectivity index (χ3n) is 6.18. The zero-order valence-corrected chi connectivity index (χ0v) is 18.6. The summed E-state index contributed by atoms with van der Waals surface area (Å²) in [5, 5.41) is 0.624. The van der Waals surface area contributed by atoms with E-state index in [-0.39, 0.29) is 18.4 Å². The molecule has 0 N–H and O–H groups in total. The highest BCUT2D eigenvalue weighted by atomic mass is 35.5. The van der Waals surface area contributed by atoms with Gasteiger partial charge in [0.2, 0.25) is 0 Å². The maximum Gasteiger partial charge on any atom is 0.278 e. The van der Waals surface area contributed by atoms with Crippen LogP contribution in [0.4, 0.5) is 0 Å². The molecule has 0 saturated carbocycles. The minimum atomic E-state index is -0.248. The summed E-state index contributed by atoms with van der Waals surface area (Å²) in [5.74, 6) is -0.484. The van der Waals surface area contributed by atoms with Crippen LogP contribution in [0.5, 0.6) is 0 Å². The summed E-state index contributed by atoms with van der Waals surface area (Å²) in [7, 11) is 0. The zero-order chi connectivity index (χ0) is 22.2. The summed E-state index contributed by atoms with van der Waals surface area (Å²) in [6.45, 7) is 3.55. The summed E-state index contributed by atoms with van der Waals surface area (Å²) < 4.78 is 0. The first-order valence-corrected chi connectivity index (χ1v) is 11.1. The van der Waals surface area contributed by atoms with Gasteiger partial charge in [0.1, 0.15) is 5.70 Å². The minimum Gasteiger partial charge on any atom is -0.362 e. The topological polar surface area (TPSA) is 40.6 Å². The highest BCUT2D eigenvalue weighted by Gasteiger charge is 2.42. The van der Waals surface area contributed by atoms with Crippen LogP contribution in [0, 0.1) is 6.92 Å². The number of amides is 2. The Balaban J connectivity index is 1.54. The van der Waals surface area contributed by atoms with Crippen molar-refractivity contribution < 1.29 is 9.59 Å². The van der Waals surface area contributed by atoms with Gasteiger partial charge in [-0.25, -0.2) is 0 Å². The van der Waals surface area contributed by atoms with Crippen LogP contribution in [-0.4, -0.2) is 28.2 Å². The molecular weight excluding hydrogens is 420 g/mol. The SMILES string of the molecule is Cc1ccc(C2=C(N3CCc4ccccc4C3)C(=O)N(Cc3ccc(Cl)cc3)C2=O)cc1. The van der Waals surface area contributed by atoms with E-state index in [4.69, 9.17) is 11.6 Å². The second-order valence-corrected chi connectivity index (χ2v) is 8.79. The van der Waals surface area contributed by atoms with Crippen LogP contribution in [0.15, 0.2) is 78.5 Å². The van der Waals surface area contributed by atoms with Gasteiger partial charge in [-0.1, -0.05) is 77.8 Å². The van der Waals surface area contributed by atoms with Crippen LogP contribution >= 0.6 is 11.6 Å². The van der Waals surface area contributed by atoms with E-state index in [2.05, 4.69) is 17.0 Å². The summed E-state index contributed by atoms with van der Waals surface area (Å²) in [6, 6.07) is 23.4. The van der Waals surface area contributed by atoms with E-state index >= 15 is 0 Å². The van der Waals surface area contributed by atoms with Crippen LogP contribution in [0.25, 0.3) is 5.57 Å². The van der Waals surface area contributed by atoms with Crippen LogP contribution in [0.1, 0.15) is 27.8 Å². The van der Waals surface area contributed by atoms with Crippen LogP contribution < -0.4 is 0 Å². The number of aryl methyl sites for hydroxylation is 1. The standard InChI is InChI=1S/C27H23ClN2O2/c1-18-6-10-21(11-7-18)24-25(29-15-14-20-4-2-3-5-22(20)17-29)27(32)30(26(24)31)16-19-8-12-23(28)13-9-19/h2-13H,14-17H2,1H3. The zero-order valence-electron chi connectivity index (χ0n) is 17.8. The highest BCUT2D eigenvalue weighted by molar-refractivity contribution is 6.35. The first-order chi connectivity index (χ1) is 15.5. The van der Waals surface area contributed by atoms with E-state index in [1.807, 2.05) is 55.5 Å². The molecule has 5 rings (SSSR count). The molecule has 2 amide bonds. The number of benzene rings is 3. The number of nitrogens with zero attached hydrogens (tertiary/aromatic N) is 2. The summed E-state index contributed by atoms with van der Waals surface area (Å²) in [4.78, 5) is 30.6. The number of carbonyl (C=O) groups is 2. The number of fused-ring (bicyclic) bond motifs is 1. The van der Waals surface area contributed by atoms with Gasteiger partial charge in [0.25, 0.3) is 11.8 Å². The molecule has 3 aromatic carbocycles. The summed E-state index contributed by atoms with van der Waals surface area (Å²) in [6.07, 6.45) is 0.847. The number of carbonyl (C=O) groups excluding carboxylic acids is 2. The maximum atomic E-state index is 13.6. The van der Waals surface area contributed by atoms with Crippen LogP contribution in [0.3, 0.4) is 0 Å². The van der Waals surface area contributed by atoms with Crippen molar-refractivity contribution in [2.24, 2.45) is 0 Å². The van der Waals surface area contributed by atoms with Gasteiger partial charge in [0, 0.05) is 18.1 Å². The molecule has 0 aromatic heterocycles. The molecule has 0 fully saturated rings. The van der Waals surface area contributed by atoms with E-state index in [0.717, 1.165) is 23.1 Å². The van der Waals surface area contributed by atoms with E-state index in [0.29, 0.717) is 29.4 Å². The lowest BCUT2D eigenvalue weighted by Crippen LogP contribution is -2.37. The van der Waals surface area contributed by atoms with E-state index in [1.165, 1.54) is 16.0 Å². The van der Waals surface area contributed by atoms with Gasteiger partial charge in [0.05, 0.1) is 12.1 Å². The van der Waals surface area contributed by atoms with Gasteiger partial charge < -0.3 is 4.90 Å². The number of hydrogen-bond donors (Lipinski definition) is 0. The quantitative estimate of drug-likeness (QED) is 0.534. The largest absolute Gasteiger partial charge is 0.362 e. The maximum absolute atomic E-state index is 13.6. The lowest BCUT2D eigenvalue weighted by molar-refractivity contribution is -0.138. The number of rotatable bonds is 4. The van der Waals surface area contributed by atoms with Gasteiger partial charge in [-0.05, 0) is 47.7 Å². The highest BCUT2D eigenvalue weighted by Crippen LogP contribution is 2.35. The third kappa shape index (κ3) is 3.71. The molecule has 4 nitrogen and oxygen atoms in total. The fraction of sp³-hybridized carbons (Fsp3) is 0.185. The van der Waals surface area contributed by atoms with Gasteiger partial charge >= 0.3 is 0 Å². The molecule has 0 spiro atoms. The molecular formula is C27H23ClN2O2. The smallest absolute Gasteiger partial charge is 0.278 e.